The SMILES string of the molecule is COc1ccc(C2=NN(C3CCN(C(=O)[C@@H](Cc4cnc[nH]4)NC(=O)O)CC3)C(=O)[C@@H]3CCCC[C@H]23)cc1OC. The minimum absolute atomic E-state index is 0.0580. The third-order valence-corrected chi connectivity index (χ3v) is 8.25. The van der Waals surface area contributed by atoms with Gasteiger partial charge in [0.2, 0.25) is 11.8 Å². The summed E-state index contributed by atoms with van der Waals surface area (Å²) in [4.78, 5) is 46.9. The molecule has 0 bridgehead atoms. The fourth-order valence-electron chi connectivity index (χ4n) is 6.21. The van der Waals surface area contributed by atoms with Gasteiger partial charge in [0.05, 0.1) is 32.3 Å². The van der Waals surface area contributed by atoms with Crippen LogP contribution >= 0.6 is 0 Å². The second-order valence-electron chi connectivity index (χ2n) is 10.6. The number of rotatable bonds is 8. The van der Waals surface area contributed by atoms with E-state index in [1.54, 1.807) is 30.3 Å². The molecule has 12 nitrogen and oxygen atoms in total. The Morgan fingerprint density at radius 1 is 1.10 bits per heavy atom. The molecule has 3 atom stereocenters. The molecule has 3 amide bonds. The third-order valence-electron chi connectivity index (χ3n) is 8.25. The first-order valence-corrected chi connectivity index (χ1v) is 13.8. The van der Waals surface area contributed by atoms with Crippen molar-refractivity contribution in [2.24, 2.45) is 16.9 Å². The number of nitrogens with one attached hydrogen (secondary N) is 2. The maximum atomic E-state index is 13.7. The highest BCUT2D eigenvalue weighted by Crippen LogP contribution is 2.40. The number of carbonyl (C=O) groups is 3. The first kappa shape index (κ1) is 27.5. The van der Waals surface area contributed by atoms with Gasteiger partial charge in [0.1, 0.15) is 6.04 Å². The molecule has 3 N–H and O–H groups in total. The van der Waals surface area contributed by atoms with Crippen LogP contribution in [-0.2, 0) is 16.0 Å². The van der Waals surface area contributed by atoms with Gasteiger partial charge in [0, 0.05) is 48.8 Å². The average molecular weight is 553 g/mol. The van der Waals surface area contributed by atoms with Crippen LogP contribution < -0.4 is 14.8 Å². The topological polar surface area (TPSA) is 149 Å². The molecule has 1 aromatic heterocycles. The number of piperidine rings is 1. The number of likely N-dealkylation sites (tertiary alicyclic amines) is 1. The summed E-state index contributed by atoms with van der Waals surface area (Å²) in [6.07, 6.45) is 6.92. The molecule has 3 heterocycles. The van der Waals surface area contributed by atoms with Crippen molar-refractivity contribution in [2.75, 3.05) is 27.3 Å². The normalized spacial score (nSPS) is 22.2. The Balaban J connectivity index is 1.34. The van der Waals surface area contributed by atoms with E-state index in [1.807, 2.05) is 18.2 Å². The lowest BCUT2D eigenvalue weighted by Gasteiger charge is -2.43. The number of nitrogens with zero attached hydrogens (tertiary/aromatic N) is 4. The molecule has 2 fully saturated rings. The molecule has 5 rings (SSSR count). The van der Waals surface area contributed by atoms with Crippen molar-refractivity contribution in [2.45, 2.75) is 57.0 Å². The Labute approximate surface area is 232 Å². The minimum Gasteiger partial charge on any atom is -0.493 e. The first-order chi connectivity index (χ1) is 19.4. The molecular weight excluding hydrogens is 516 g/mol. The number of amides is 3. The number of benzene rings is 1. The van der Waals surface area contributed by atoms with E-state index in [0.29, 0.717) is 43.1 Å². The van der Waals surface area contributed by atoms with Gasteiger partial charge in [0.15, 0.2) is 11.5 Å². The van der Waals surface area contributed by atoms with Crippen molar-refractivity contribution in [3.63, 3.8) is 0 Å². The molecule has 214 valence electrons. The van der Waals surface area contributed by atoms with E-state index in [0.717, 1.165) is 37.0 Å². The molecule has 12 heteroatoms. The Morgan fingerprint density at radius 2 is 1.82 bits per heavy atom. The number of carbonyl (C=O) groups excluding carboxylic acids is 2. The second kappa shape index (κ2) is 12.0. The highest BCUT2D eigenvalue weighted by Gasteiger charge is 2.44. The molecule has 1 aromatic carbocycles. The van der Waals surface area contributed by atoms with E-state index >= 15 is 0 Å². The maximum absolute atomic E-state index is 13.7. The number of imidazole rings is 1. The molecule has 0 radical (unpaired) electrons. The monoisotopic (exact) mass is 552 g/mol. The number of aromatic nitrogens is 2. The number of carboxylic acid groups (broad SMARTS) is 1. The van der Waals surface area contributed by atoms with E-state index in [1.165, 1.54) is 6.33 Å². The standard InChI is InChI=1S/C28H36N6O6/c1-39-23-8-7-17(13-24(23)40-2)25-20-5-3-4-6-21(20)26(35)34(32-25)19-9-11-33(12-10-19)27(36)22(31-28(37)38)14-18-15-29-16-30-18/h7-8,13,15-16,19-22,31H,3-6,9-12,14H2,1-2H3,(H,29,30)(H,37,38)/t20-,21+,22+/m0/s1. The van der Waals surface area contributed by atoms with Gasteiger partial charge in [-0.3, -0.25) is 9.59 Å². The summed E-state index contributed by atoms with van der Waals surface area (Å²) < 4.78 is 10.9. The fraction of sp³-hybridized carbons (Fsp3) is 0.536. The van der Waals surface area contributed by atoms with E-state index in [-0.39, 0.29) is 36.1 Å². The highest BCUT2D eigenvalue weighted by atomic mass is 16.5. The zero-order valence-electron chi connectivity index (χ0n) is 22.8. The van der Waals surface area contributed by atoms with Gasteiger partial charge in [0.25, 0.3) is 0 Å². The molecule has 0 unspecified atom stereocenters. The molecular formula is C28H36N6O6. The number of methoxy groups -OCH3 is 2. The lowest BCUT2D eigenvalue weighted by Crippen LogP contribution is -2.55. The summed E-state index contributed by atoms with van der Waals surface area (Å²) in [7, 11) is 3.20. The Hall–Kier alpha value is -4.09. The van der Waals surface area contributed by atoms with Gasteiger partial charge in [-0.1, -0.05) is 12.8 Å². The molecule has 1 aliphatic carbocycles. The number of aromatic amines is 1. The number of fused-ring (bicyclic) bond motifs is 1. The van der Waals surface area contributed by atoms with Crippen molar-refractivity contribution in [1.82, 2.24) is 25.2 Å². The van der Waals surface area contributed by atoms with E-state index in [2.05, 4.69) is 15.3 Å². The van der Waals surface area contributed by atoms with Crippen LogP contribution in [0.2, 0.25) is 0 Å². The molecule has 1 saturated carbocycles. The van der Waals surface area contributed by atoms with E-state index in [9.17, 15) is 19.5 Å². The molecule has 2 aromatic rings. The summed E-state index contributed by atoms with van der Waals surface area (Å²) in [5.41, 5.74) is 2.48. The Bertz CT molecular complexity index is 1260. The molecule has 0 spiro atoms. The zero-order valence-corrected chi connectivity index (χ0v) is 22.8. The van der Waals surface area contributed by atoms with Crippen LogP contribution in [0.25, 0.3) is 0 Å². The van der Waals surface area contributed by atoms with Crippen molar-refractivity contribution in [3.05, 3.63) is 42.0 Å². The van der Waals surface area contributed by atoms with Crippen LogP contribution in [0.4, 0.5) is 4.79 Å². The van der Waals surface area contributed by atoms with Crippen LogP contribution in [0, 0.1) is 11.8 Å². The summed E-state index contributed by atoms with van der Waals surface area (Å²) in [5.74, 6) is 0.960. The predicted octanol–water partition coefficient (Wildman–Crippen LogP) is 2.65. The van der Waals surface area contributed by atoms with E-state index in [4.69, 9.17) is 14.6 Å². The third kappa shape index (κ3) is 5.61. The maximum Gasteiger partial charge on any atom is 0.405 e. The van der Waals surface area contributed by atoms with Crippen LogP contribution in [-0.4, -0.2) is 88.0 Å². The summed E-state index contributed by atoms with van der Waals surface area (Å²) in [6.45, 7) is 0.812. The number of hydrazone groups is 1. The smallest absolute Gasteiger partial charge is 0.405 e. The zero-order chi connectivity index (χ0) is 28.2. The molecule has 40 heavy (non-hydrogen) atoms. The number of hydrogen-bond acceptors (Lipinski definition) is 7. The number of H-pyrrole nitrogens is 1. The van der Waals surface area contributed by atoms with E-state index < -0.39 is 12.1 Å². The van der Waals surface area contributed by atoms with Crippen molar-refractivity contribution < 1.29 is 29.0 Å². The van der Waals surface area contributed by atoms with Crippen molar-refractivity contribution in [3.8, 4) is 11.5 Å². The number of hydrogen-bond donors (Lipinski definition) is 3. The lowest BCUT2D eigenvalue weighted by atomic mass is 9.73. The fourth-order valence-corrected chi connectivity index (χ4v) is 6.21. The van der Waals surface area contributed by atoms with Crippen LogP contribution in [0.15, 0.2) is 35.8 Å². The van der Waals surface area contributed by atoms with Gasteiger partial charge in [-0.05, 0) is 43.9 Å². The van der Waals surface area contributed by atoms with Crippen molar-refractivity contribution >= 4 is 23.6 Å². The van der Waals surface area contributed by atoms with Gasteiger partial charge in [-0.15, -0.1) is 0 Å². The first-order valence-electron chi connectivity index (χ1n) is 13.8. The molecule has 2 aliphatic heterocycles. The van der Waals surface area contributed by atoms with Gasteiger partial charge < -0.3 is 29.8 Å². The summed E-state index contributed by atoms with van der Waals surface area (Å²) in [5, 5.41) is 18.3. The van der Waals surface area contributed by atoms with Crippen LogP contribution in [0.5, 0.6) is 11.5 Å². The molecule has 3 aliphatic rings. The Kier molecular flexibility index (Phi) is 8.22. The molecule has 1 saturated heterocycles. The van der Waals surface area contributed by atoms with Gasteiger partial charge >= 0.3 is 6.09 Å². The lowest BCUT2D eigenvalue weighted by molar-refractivity contribution is -0.143. The van der Waals surface area contributed by atoms with Crippen molar-refractivity contribution in [1.29, 1.82) is 0 Å². The summed E-state index contributed by atoms with van der Waals surface area (Å²) in [6, 6.07) is 4.69. The summed E-state index contributed by atoms with van der Waals surface area (Å²) >= 11 is 0. The minimum atomic E-state index is -1.26. The largest absolute Gasteiger partial charge is 0.493 e. The van der Waals surface area contributed by atoms with Crippen LogP contribution in [0.1, 0.15) is 49.8 Å². The Morgan fingerprint density at radius 3 is 2.48 bits per heavy atom. The van der Waals surface area contributed by atoms with Gasteiger partial charge in [-0.2, -0.15) is 5.10 Å². The van der Waals surface area contributed by atoms with Gasteiger partial charge in [-0.25, -0.2) is 14.8 Å². The predicted molar refractivity (Wildman–Crippen MR) is 145 cm³/mol. The average Bonchev–Trinajstić information content (AvgIpc) is 3.49. The quantitative estimate of drug-likeness (QED) is 0.456. The van der Waals surface area contributed by atoms with Crippen LogP contribution in [0.3, 0.4) is 0 Å². The number of ether oxygens (including phenoxy) is 2. The highest BCUT2D eigenvalue weighted by molar-refractivity contribution is 6.07. The second-order valence-corrected chi connectivity index (χ2v) is 10.6.